The summed E-state index contributed by atoms with van der Waals surface area (Å²) in [4.78, 5) is 0. The molecule has 0 aliphatic carbocycles. The van der Waals surface area contributed by atoms with Gasteiger partial charge in [-0.05, 0) is 42.5 Å². The van der Waals surface area contributed by atoms with Crippen LogP contribution in [0.25, 0.3) is 11.5 Å². The van der Waals surface area contributed by atoms with Crippen LogP contribution in [0.3, 0.4) is 0 Å². The van der Waals surface area contributed by atoms with Gasteiger partial charge in [-0.1, -0.05) is 48.0 Å². The third-order valence-electron chi connectivity index (χ3n) is 4.08. The molecule has 0 amide bonds. The predicted octanol–water partition coefficient (Wildman–Crippen LogP) is 5.73. The molecule has 0 unspecified atom stereocenters. The van der Waals surface area contributed by atoms with E-state index in [0.29, 0.717) is 16.5 Å². The van der Waals surface area contributed by atoms with Gasteiger partial charge >= 0.3 is 0 Å². The molecule has 27 heavy (non-hydrogen) atoms. The lowest BCUT2D eigenvalue weighted by Gasteiger charge is -2.17. The van der Waals surface area contributed by atoms with Gasteiger partial charge in [0.05, 0.1) is 0 Å². The summed E-state index contributed by atoms with van der Waals surface area (Å²) in [5, 5.41) is 12.1. The minimum atomic E-state index is -0.641. The van der Waals surface area contributed by atoms with Crippen LogP contribution < -0.4 is 5.32 Å². The third-order valence-corrected chi connectivity index (χ3v) is 4.33. The normalized spacial score (nSPS) is 11.9. The highest BCUT2D eigenvalue weighted by Crippen LogP contribution is 2.30. The second-order valence-corrected chi connectivity index (χ2v) is 6.35. The molecule has 0 aliphatic rings. The van der Waals surface area contributed by atoms with Gasteiger partial charge in [0, 0.05) is 21.8 Å². The number of hydrogen-bond donors (Lipinski definition) is 1. The zero-order valence-electron chi connectivity index (χ0n) is 14.1. The highest BCUT2D eigenvalue weighted by Gasteiger charge is 2.24. The Labute approximate surface area is 160 Å². The van der Waals surface area contributed by atoms with Crippen molar-refractivity contribution < 1.29 is 8.81 Å². The van der Waals surface area contributed by atoms with E-state index in [1.54, 1.807) is 30.3 Å². The first-order chi connectivity index (χ1) is 13.2. The first-order valence-corrected chi connectivity index (χ1v) is 8.74. The molecule has 3 aromatic carbocycles. The van der Waals surface area contributed by atoms with E-state index < -0.39 is 6.04 Å². The lowest BCUT2D eigenvalue weighted by molar-refractivity contribution is 0.485. The van der Waals surface area contributed by atoms with Gasteiger partial charge in [-0.25, -0.2) is 4.39 Å². The van der Waals surface area contributed by atoms with Crippen molar-refractivity contribution in [1.82, 2.24) is 10.2 Å². The van der Waals surface area contributed by atoms with E-state index in [0.717, 1.165) is 11.3 Å². The van der Waals surface area contributed by atoms with Crippen molar-refractivity contribution in [3.8, 4) is 11.5 Å². The molecule has 134 valence electrons. The summed E-state index contributed by atoms with van der Waals surface area (Å²) >= 11 is 5.95. The number of rotatable bonds is 5. The number of benzene rings is 3. The largest absolute Gasteiger partial charge is 0.418 e. The number of nitrogens with one attached hydrogen (secondary N) is 1. The maximum Gasteiger partial charge on any atom is 0.247 e. The van der Waals surface area contributed by atoms with Crippen LogP contribution in [0.2, 0.25) is 5.02 Å². The maximum absolute atomic E-state index is 14.5. The molecular weight excluding hydrogens is 365 g/mol. The molecule has 0 saturated heterocycles. The molecule has 1 heterocycles. The Morgan fingerprint density at radius 3 is 2.30 bits per heavy atom. The first-order valence-electron chi connectivity index (χ1n) is 8.36. The summed E-state index contributed by atoms with van der Waals surface area (Å²) in [6, 6.07) is 22.4. The number of nitrogens with zero attached hydrogens (tertiary/aromatic N) is 2. The zero-order valence-corrected chi connectivity index (χ0v) is 14.9. The highest BCUT2D eigenvalue weighted by atomic mass is 35.5. The fraction of sp³-hybridized carbons (Fsp3) is 0.0476. The molecule has 1 aromatic heterocycles. The minimum absolute atomic E-state index is 0.272. The molecule has 0 bridgehead atoms. The Hall–Kier alpha value is -3.18. The summed E-state index contributed by atoms with van der Waals surface area (Å²) in [7, 11) is 0. The Kier molecular flexibility index (Phi) is 4.85. The Morgan fingerprint density at radius 1 is 0.852 bits per heavy atom. The fourth-order valence-corrected chi connectivity index (χ4v) is 2.87. The van der Waals surface area contributed by atoms with E-state index in [1.807, 2.05) is 42.5 Å². The van der Waals surface area contributed by atoms with Gasteiger partial charge in [0.25, 0.3) is 0 Å². The van der Waals surface area contributed by atoms with Crippen molar-refractivity contribution in [1.29, 1.82) is 0 Å². The number of anilines is 1. The molecule has 0 radical (unpaired) electrons. The van der Waals surface area contributed by atoms with E-state index in [9.17, 15) is 4.39 Å². The van der Waals surface area contributed by atoms with Crippen molar-refractivity contribution >= 4 is 17.3 Å². The lowest BCUT2D eigenvalue weighted by Crippen LogP contribution is -2.14. The number of hydrogen-bond acceptors (Lipinski definition) is 4. The van der Waals surface area contributed by atoms with Crippen LogP contribution in [-0.2, 0) is 0 Å². The quantitative estimate of drug-likeness (QED) is 0.481. The maximum atomic E-state index is 14.5. The summed E-state index contributed by atoms with van der Waals surface area (Å²) in [5.41, 5.74) is 1.97. The van der Waals surface area contributed by atoms with Gasteiger partial charge in [-0.2, -0.15) is 0 Å². The van der Waals surface area contributed by atoms with E-state index in [4.69, 9.17) is 16.0 Å². The molecule has 0 spiro atoms. The molecule has 1 atom stereocenters. The van der Waals surface area contributed by atoms with Crippen LogP contribution in [0.15, 0.2) is 83.3 Å². The summed E-state index contributed by atoms with van der Waals surface area (Å²) in [6.07, 6.45) is 0. The molecule has 6 heteroatoms. The van der Waals surface area contributed by atoms with Gasteiger partial charge in [0.2, 0.25) is 11.8 Å². The molecule has 4 rings (SSSR count). The minimum Gasteiger partial charge on any atom is -0.418 e. The van der Waals surface area contributed by atoms with Crippen LogP contribution in [-0.4, -0.2) is 10.2 Å². The molecular formula is C21H15ClFN3O. The van der Waals surface area contributed by atoms with E-state index in [-0.39, 0.29) is 11.7 Å². The van der Waals surface area contributed by atoms with Crippen molar-refractivity contribution in [3.05, 3.63) is 101 Å². The molecule has 4 aromatic rings. The van der Waals surface area contributed by atoms with Crippen molar-refractivity contribution in [2.45, 2.75) is 6.04 Å². The second kappa shape index (κ2) is 7.60. The zero-order chi connectivity index (χ0) is 18.6. The lowest BCUT2D eigenvalue weighted by atomic mass is 10.1. The standard InChI is InChI=1S/C21H15ClFN3O/c22-15-10-12-16(13-11-15)24-19(17-8-4-5-9-18(17)23)21-26-25-20(27-21)14-6-2-1-3-7-14/h1-13,19,24H/t19-/m0/s1. The van der Waals surface area contributed by atoms with Gasteiger partial charge in [0.1, 0.15) is 11.9 Å². The van der Waals surface area contributed by atoms with Crippen LogP contribution >= 0.6 is 11.6 Å². The van der Waals surface area contributed by atoms with Crippen LogP contribution in [0.1, 0.15) is 17.5 Å². The number of halogens is 2. The number of aromatic nitrogens is 2. The molecule has 4 nitrogen and oxygen atoms in total. The summed E-state index contributed by atoms with van der Waals surface area (Å²) < 4.78 is 20.3. The first kappa shape index (κ1) is 17.2. The summed E-state index contributed by atoms with van der Waals surface area (Å²) in [6.45, 7) is 0. The third kappa shape index (κ3) is 3.83. The molecule has 0 saturated carbocycles. The Balaban J connectivity index is 1.73. The molecule has 0 fully saturated rings. The van der Waals surface area contributed by atoms with Crippen LogP contribution in [0.4, 0.5) is 10.1 Å². The monoisotopic (exact) mass is 379 g/mol. The Bertz CT molecular complexity index is 1030. The highest BCUT2D eigenvalue weighted by molar-refractivity contribution is 6.30. The average Bonchev–Trinajstić information content (AvgIpc) is 3.19. The average molecular weight is 380 g/mol. The van der Waals surface area contributed by atoms with Crippen molar-refractivity contribution in [2.75, 3.05) is 5.32 Å². The van der Waals surface area contributed by atoms with E-state index in [1.165, 1.54) is 6.07 Å². The van der Waals surface area contributed by atoms with Gasteiger partial charge in [-0.15, -0.1) is 10.2 Å². The SMILES string of the molecule is Fc1ccccc1[C@H](Nc1ccc(Cl)cc1)c1nnc(-c2ccccc2)o1. The van der Waals surface area contributed by atoms with E-state index >= 15 is 0 Å². The predicted molar refractivity (Wildman–Crippen MR) is 103 cm³/mol. The topological polar surface area (TPSA) is 51.0 Å². The Morgan fingerprint density at radius 2 is 1.56 bits per heavy atom. The van der Waals surface area contributed by atoms with E-state index in [2.05, 4.69) is 15.5 Å². The van der Waals surface area contributed by atoms with Gasteiger partial charge in [0.15, 0.2) is 0 Å². The fourth-order valence-electron chi connectivity index (χ4n) is 2.74. The van der Waals surface area contributed by atoms with Crippen LogP contribution in [0, 0.1) is 5.82 Å². The second-order valence-electron chi connectivity index (χ2n) is 5.92. The summed E-state index contributed by atoms with van der Waals surface area (Å²) in [5.74, 6) is 0.294. The van der Waals surface area contributed by atoms with Gasteiger partial charge in [-0.3, -0.25) is 0 Å². The van der Waals surface area contributed by atoms with Gasteiger partial charge < -0.3 is 9.73 Å². The molecule has 0 aliphatic heterocycles. The van der Waals surface area contributed by atoms with Crippen molar-refractivity contribution in [2.24, 2.45) is 0 Å². The van der Waals surface area contributed by atoms with Crippen LogP contribution in [0.5, 0.6) is 0 Å². The molecule has 1 N–H and O–H groups in total. The van der Waals surface area contributed by atoms with Crippen molar-refractivity contribution in [3.63, 3.8) is 0 Å². The smallest absolute Gasteiger partial charge is 0.247 e.